The van der Waals surface area contributed by atoms with Gasteiger partial charge in [0.2, 0.25) is 5.82 Å². The number of benzene rings is 2. The lowest BCUT2D eigenvalue weighted by Gasteiger charge is -2.40. The number of hydrogen-bond acceptors (Lipinski definition) is 4. The summed E-state index contributed by atoms with van der Waals surface area (Å²) in [7, 11) is 0. The summed E-state index contributed by atoms with van der Waals surface area (Å²) >= 11 is 0. The average Bonchev–Trinajstić information content (AvgIpc) is 2.64. The van der Waals surface area contributed by atoms with Crippen LogP contribution in [0, 0.1) is 11.6 Å². The van der Waals surface area contributed by atoms with Crippen LogP contribution in [-0.2, 0) is 16.0 Å². The number of halogens is 2. The third-order valence-corrected chi connectivity index (χ3v) is 4.97. The molecule has 1 aliphatic rings. The number of ether oxygens (including phenoxy) is 2. The Kier molecular flexibility index (Phi) is 5.26. The van der Waals surface area contributed by atoms with Crippen molar-refractivity contribution in [3.63, 3.8) is 0 Å². The maximum absolute atomic E-state index is 14.0. The van der Waals surface area contributed by atoms with Crippen molar-refractivity contribution >= 4 is 11.4 Å². The highest BCUT2D eigenvalue weighted by Gasteiger charge is 2.47. The second kappa shape index (κ2) is 7.26. The van der Waals surface area contributed by atoms with E-state index in [-0.39, 0.29) is 28.6 Å². The van der Waals surface area contributed by atoms with E-state index in [4.69, 9.17) is 9.47 Å². The van der Waals surface area contributed by atoms with Gasteiger partial charge in [-0.25, -0.2) is 4.39 Å². The summed E-state index contributed by atoms with van der Waals surface area (Å²) in [6.45, 7) is 8.59. The van der Waals surface area contributed by atoms with Crippen molar-refractivity contribution in [2.45, 2.75) is 52.2 Å². The van der Waals surface area contributed by atoms with E-state index < -0.39 is 22.8 Å². The highest BCUT2D eigenvalue weighted by Crippen LogP contribution is 2.42. The standard InChI is InChI=1S/C23H24F2O4/c1-6-13-10-11-14(28-17-9-7-8-16(24)19(17)25)12-15(13)18-20(26)22(2,3)29-23(4,5)21(18)27/h7-12,26H,6H2,1-5H3. The Bertz CT molecular complexity index is 1010. The Morgan fingerprint density at radius 3 is 2.41 bits per heavy atom. The summed E-state index contributed by atoms with van der Waals surface area (Å²) < 4.78 is 38.8. The van der Waals surface area contributed by atoms with Crippen molar-refractivity contribution < 1.29 is 28.2 Å². The minimum absolute atomic E-state index is 0.147. The molecule has 0 saturated carbocycles. The van der Waals surface area contributed by atoms with Crippen LogP contribution >= 0.6 is 0 Å². The normalized spacial score (nSPS) is 18.1. The Labute approximate surface area is 168 Å². The van der Waals surface area contributed by atoms with Crippen LogP contribution in [-0.4, -0.2) is 22.1 Å². The van der Waals surface area contributed by atoms with Gasteiger partial charge < -0.3 is 14.6 Å². The van der Waals surface area contributed by atoms with Crippen LogP contribution in [0.4, 0.5) is 8.78 Å². The van der Waals surface area contributed by atoms with E-state index in [1.165, 1.54) is 12.1 Å². The van der Waals surface area contributed by atoms with Crippen LogP contribution in [0.25, 0.3) is 5.57 Å². The number of aliphatic hydroxyl groups is 1. The molecule has 0 atom stereocenters. The minimum atomic E-state index is -1.14. The molecule has 1 N–H and O–H groups in total. The van der Waals surface area contributed by atoms with E-state index in [9.17, 15) is 18.7 Å². The fraction of sp³-hybridized carbons (Fsp3) is 0.348. The lowest BCUT2D eigenvalue weighted by molar-refractivity contribution is -0.158. The molecule has 0 spiro atoms. The van der Waals surface area contributed by atoms with Crippen molar-refractivity contribution in [1.82, 2.24) is 0 Å². The van der Waals surface area contributed by atoms with Gasteiger partial charge in [-0.05, 0) is 69.5 Å². The molecular formula is C23H24F2O4. The third kappa shape index (κ3) is 3.77. The van der Waals surface area contributed by atoms with Crippen molar-refractivity contribution in [3.8, 4) is 11.5 Å². The molecule has 2 aromatic carbocycles. The van der Waals surface area contributed by atoms with Gasteiger partial charge in [-0.3, -0.25) is 4.79 Å². The van der Waals surface area contributed by atoms with Gasteiger partial charge in [0.05, 0.1) is 5.57 Å². The second-order valence-corrected chi connectivity index (χ2v) is 8.00. The first-order chi connectivity index (χ1) is 13.5. The summed E-state index contributed by atoms with van der Waals surface area (Å²) in [5.74, 6) is -2.70. The van der Waals surface area contributed by atoms with Crippen LogP contribution in [0.5, 0.6) is 11.5 Å². The Hall–Kier alpha value is -2.73. The highest BCUT2D eigenvalue weighted by molar-refractivity contribution is 6.26. The van der Waals surface area contributed by atoms with Crippen LogP contribution < -0.4 is 4.74 Å². The van der Waals surface area contributed by atoms with Crippen LogP contribution in [0.2, 0.25) is 0 Å². The summed E-state index contributed by atoms with van der Waals surface area (Å²) in [5, 5.41) is 10.8. The molecule has 1 heterocycles. The smallest absolute Gasteiger partial charge is 0.201 e. The summed E-state index contributed by atoms with van der Waals surface area (Å²) in [6.07, 6.45) is 0.593. The van der Waals surface area contributed by atoms with E-state index >= 15 is 0 Å². The molecule has 0 aliphatic carbocycles. The van der Waals surface area contributed by atoms with E-state index in [1.54, 1.807) is 45.9 Å². The maximum Gasteiger partial charge on any atom is 0.201 e. The van der Waals surface area contributed by atoms with E-state index in [1.807, 2.05) is 6.92 Å². The summed E-state index contributed by atoms with van der Waals surface area (Å²) in [4.78, 5) is 13.1. The number of aryl methyl sites for hydroxylation is 1. The molecule has 0 aromatic heterocycles. The summed E-state index contributed by atoms with van der Waals surface area (Å²) in [5.41, 5.74) is -0.771. The van der Waals surface area contributed by atoms with Crippen molar-refractivity contribution in [3.05, 3.63) is 64.9 Å². The number of hydrogen-bond donors (Lipinski definition) is 1. The van der Waals surface area contributed by atoms with Crippen molar-refractivity contribution in [2.24, 2.45) is 0 Å². The first-order valence-corrected chi connectivity index (χ1v) is 9.41. The zero-order valence-corrected chi connectivity index (χ0v) is 17.1. The zero-order chi connectivity index (χ0) is 21.6. The van der Waals surface area contributed by atoms with Crippen molar-refractivity contribution in [2.75, 3.05) is 0 Å². The number of rotatable bonds is 4. The number of Topliss-reactive ketones (excluding diaryl/α,β-unsaturated/α-hetero) is 1. The predicted molar refractivity (Wildman–Crippen MR) is 106 cm³/mol. The largest absolute Gasteiger partial charge is 0.508 e. The number of carbonyl (C=O) groups is 1. The molecule has 0 unspecified atom stereocenters. The number of aliphatic hydroxyl groups excluding tert-OH is 1. The van der Waals surface area contributed by atoms with Gasteiger partial charge in [-0.15, -0.1) is 0 Å². The van der Waals surface area contributed by atoms with Crippen LogP contribution in [0.15, 0.2) is 42.2 Å². The molecule has 0 fully saturated rings. The molecule has 6 heteroatoms. The van der Waals surface area contributed by atoms with Gasteiger partial charge in [-0.2, -0.15) is 4.39 Å². The average molecular weight is 402 g/mol. The zero-order valence-electron chi connectivity index (χ0n) is 17.1. The Morgan fingerprint density at radius 2 is 1.76 bits per heavy atom. The monoisotopic (exact) mass is 402 g/mol. The van der Waals surface area contributed by atoms with Gasteiger partial charge in [0.25, 0.3) is 0 Å². The van der Waals surface area contributed by atoms with Crippen LogP contribution in [0.1, 0.15) is 45.7 Å². The molecule has 1 aliphatic heterocycles. The van der Waals surface area contributed by atoms with Gasteiger partial charge in [0.1, 0.15) is 22.7 Å². The van der Waals surface area contributed by atoms with Gasteiger partial charge >= 0.3 is 0 Å². The van der Waals surface area contributed by atoms with Gasteiger partial charge in [0, 0.05) is 0 Å². The lowest BCUT2D eigenvalue weighted by Crippen LogP contribution is -2.49. The molecule has 154 valence electrons. The first-order valence-electron chi connectivity index (χ1n) is 9.41. The maximum atomic E-state index is 14.0. The first kappa shape index (κ1) is 21.0. The number of carbonyl (C=O) groups excluding carboxylic acids is 1. The van der Waals surface area contributed by atoms with Gasteiger partial charge in [0.15, 0.2) is 17.3 Å². The molecule has 0 radical (unpaired) electrons. The van der Waals surface area contributed by atoms with E-state index in [2.05, 4.69) is 0 Å². The van der Waals surface area contributed by atoms with Gasteiger partial charge in [-0.1, -0.05) is 19.1 Å². The summed E-state index contributed by atoms with van der Waals surface area (Å²) in [6, 6.07) is 8.58. The minimum Gasteiger partial charge on any atom is -0.508 e. The fourth-order valence-electron chi connectivity index (χ4n) is 3.54. The van der Waals surface area contributed by atoms with E-state index in [0.717, 1.165) is 11.6 Å². The second-order valence-electron chi connectivity index (χ2n) is 8.00. The fourth-order valence-corrected chi connectivity index (χ4v) is 3.54. The SMILES string of the molecule is CCc1ccc(Oc2cccc(F)c2F)cc1C1=C(O)C(C)(C)OC(C)(C)C1=O. The number of ketones is 1. The predicted octanol–water partition coefficient (Wildman–Crippen LogP) is 5.75. The Balaban J connectivity index is 2.15. The highest BCUT2D eigenvalue weighted by atomic mass is 19.2. The van der Waals surface area contributed by atoms with E-state index in [0.29, 0.717) is 12.0 Å². The van der Waals surface area contributed by atoms with Crippen LogP contribution in [0.3, 0.4) is 0 Å². The Morgan fingerprint density at radius 1 is 1.07 bits per heavy atom. The molecule has 29 heavy (non-hydrogen) atoms. The van der Waals surface area contributed by atoms with Crippen molar-refractivity contribution in [1.29, 1.82) is 0 Å². The molecule has 3 rings (SSSR count). The lowest BCUT2D eigenvalue weighted by atomic mass is 9.81. The molecule has 0 bridgehead atoms. The molecular weight excluding hydrogens is 378 g/mol. The quantitative estimate of drug-likeness (QED) is 0.708. The molecule has 0 saturated heterocycles. The third-order valence-electron chi connectivity index (χ3n) is 4.97. The topological polar surface area (TPSA) is 55.8 Å². The molecule has 0 amide bonds. The molecule has 4 nitrogen and oxygen atoms in total. The molecule has 2 aromatic rings.